The number of amides is 2. The molecule has 5 nitrogen and oxygen atoms in total. The molecule has 25 heavy (non-hydrogen) atoms. The summed E-state index contributed by atoms with van der Waals surface area (Å²) in [6.07, 6.45) is 0.168. The molecule has 2 aromatic carbocycles. The number of ether oxygens (including phenoxy) is 1. The lowest BCUT2D eigenvalue weighted by molar-refractivity contribution is 0.0529. The number of benzene rings is 2. The summed E-state index contributed by atoms with van der Waals surface area (Å²) in [6, 6.07) is 15.0. The highest BCUT2D eigenvalue weighted by Crippen LogP contribution is 2.28. The van der Waals surface area contributed by atoms with Crippen LogP contribution in [0.4, 0.5) is 5.69 Å². The van der Waals surface area contributed by atoms with Gasteiger partial charge in [0, 0.05) is 18.8 Å². The monoisotopic (exact) mass is 336 g/mol. The quantitative estimate of drug-likeness (QED) is 0.809. The SMILES string of the molecule is CC1CN(c2ccccc2CN2C(=O)c3ccccc3C2=O)CCO1. The number of carbonyl (C=O) groups excluding carboxylic acids is 2. The van der Waals surface area contributed by atoms with E-state index < -0.39 is 0 Å². The summed E-state index contributed by atoms with van der Waals surface area (Å²) in [5.41, 5.74) is 3.02. The molecule has 0 spiro atoms. The van der Waals surface area contributed by atoms with E-state index >= 15 is 0 Å². The third kappa shape index (κ3) is 2.81. The molecule has 1 fully saturated rings. The predicted molar refractivity (Wildman–Crippen MR) is 94.7 cm³/mol. The van der Waals surface area contributed by atoms with Gasteiger partial charge in [-0.05, 0) is 30.7 Å². The van der Waals surface area contributed by atoms with Crippen LogP contribution in [0.1, 0.15) is 33.2 Å². The van der Waals surface area contributed by atoms with Crippen molar-refractivity contribution in [3.63, 3.8) is 0 Å². The first-order valence-electron chi connectivity index (χ1n) is 8.55. The summed E-state index contributed by atoms with van der Waals surface area (Å²) >= 11 is 0. The first-order valence-corrected chi connectivity index (χ1v) is 8.55. The molecule has 5 heteroatoms. The molecule has 0 aliphatic carbocycles. The average Bonchev–Trinajstić information content (AvgIpc) is 2.88. The Morgan fingerprint density at radius 1 is 1.00 bits per heavy atom. The van der Waals surface area contributed by atoms with E-state index in [1.807, 2.05) is 24.3 Å². The molecule has 1 unspecified atom stereocenters. The molecule has 4 rings (SSSR count). The molecule has 1 saturated heterocycles. The van der Waals surface area contributed by atoms with Gasteiger partial charge in [-0.1, -0.05) is 30.3 Å². The number of fused-ring (bicyclic) bond motifs is 1. The van der Waals surface area contributed by atoms with Crippen molar-refractivity contribution in [2.45, 2.75) is 19.6 Å². The molecular formula is C20H20N2O3. The van der Waals surface area contributed by atoms with Gasteiger partial charge in [-0.25, -0.2) is 0 Å². The molecule has 0 aromatic heterocycles. The van der Waals surface area contributed by atoms with E-state index in [2.05, 4.69) is 11.8 Å². The fraction of sp³-hybridized carbons (Fsp3) is 0.300. The Bertz CT molecular complexity index is 798. The van der Waals surface area contributed by atoms with Crippen molar-refractivity contribution in [3.05, 3.63) is 65.2 Å². The Balaban J connectivity index is 1.62. The van der Waals surface area contributed by atoms with E-state index in [0.717, 1.165) is 24.3 Å². The molecule has 1 atom stereocenters. The Hall–Kier alpha value is -2.66. The van der Waals surface area contributed by atoms with Crippen LogP contribution in [-0.4, -0.2) is 42.5 Å². The number of anilines is 1. The maximum absolute atomic E-state index is 12.6. The van der Waals surface area contributed by atoms with Gasteiger partial charge in [-0.15, -0.1) is 0 Å². The van der Waals surface area contributed by atoms with Crippen LogP contribution in [0.3, 0.4) is 0 Å². The Morgan fingerprint density at radius 3 is 2.32 bits per heavy atom. The molecule has 128 valence electrons. The third-order valence-corrected chi connectivity index (χ3v) is 4.78. The number of imide groups is 1. The summed E-state index contributed by atoms with van der Waals surface area (Å²) in [7, 11) is 0. The van der Waals surface area contributed by atoms with E-state index in [1.54, 1.807) is 24.3 Å². The maximum Gasteiger partial charge on any atom is 0.261 e. The van der Waals surface area contributed by atoms with Crippen LogP contribution in [0, 0.1) is 0 Å². The van der Waals surface area contributed by atoms with Crippen molar-refractivity contribution in [2.75, 3.05) is 24.6 Å². The first-order chi connectivity index (χ1) is 12.1. The van der Waals surface area contributed by atoms with Crippen molar-refractivity contribution < 1.29 is 14.3 Å². The van der Waals surface area contributed by atoms with Gasteiger partial charge < -0.3 is 9.64 Å². The minimum Gasteiger partial charge on any atom is -0.375 e. The van der Waals surface area contributed by atoms with Gasteiger partial charge in [-0.3, -0.25) is 14.5 Å². The summed E-state index contributed by atoms with van der Waals surface area (Å²) in [4.78, 5) is 28.9. The van der Waals surface area contributed by atoms with Gasteiger partial charge in [0.25, 0.3) is 11.8 Å². The largest absolute Gasteiger partial charge is 0.375 e. The lowest BCUT2D eigenvalue weighted by Crippen LogP contribution is -2.42. The fourth-order valence-corrected chi connectivity index (χ4v) is 3.54. The average molecular weight is 336 g/mol. The summed E-state index contributed by atoms with van der Waals surface area (Å²) in [5, 5.41) is 0. The summed E-state index contributed by atoms with van der Waals surface area (Å²) < 4.78 is 5.62. The molecule has 2 aliphatic heterocycles. The van der Waals surface area contributed by atoms with Crippen LogP contribution in [0.25, 0.3) is 0 Å². The molecule has 0 saturated carbocycles. The van der Waals surface area contributed by atoms with Crippen LogP contribution in [0.2, 0.25) is 0 Å². The zero-order valence-electron chi connectivity index (χ0n) is 14.1. The zero-order chi connectivity index (χ0) is 17.4. The van der Waals surface area contributed by atoms with Gasteiger partial charge >= 0.3 is 0 Å². The Labute approximate surface area is 146 Å². The van der Waals surface area contributed by atoms with Crippen molar-refractivity contribution in [1.82, 2.24) is 4.90 Å². The number of rotatable bonds is 3. The maximum atomic E-state index is 12.6. The van der Waals surface area contributed by atoms with E-state index in [9.17, 15) is 9.59 Å². The number of hydrogen-bond acceptors (Lipinski definition) is 4. The van der Waals surface area contributed by atoms with E-state index in [4.69, 9.17) is 4.74 Å². The third-order valence-electron chi connectivity index (χ3n) is 4.78. The lowest BCUT2D eigenvalue weighted by Gasteiger charge is -2.34. The molecule has 2 amide bonds. The fourth-order valence-electron chi connectivity index (χ4n) is 3.54. The second-order valence-electron chi connectivity index (χ2n) is 6.50. The molecule has 2 aliphatic rings. The Kier molecular flexibility index (Phi) is 4.01. The van der Waals surface area contributed by atoms with Gasteiger partial charge in [0.2, 0.25) is 0 Å². The number of carbonyl (C=O) groups is 2. The van der Waals surface area contributed by atoms with Crippen LogP contribution in [0.15, 0.2) is 48.5 Å². The second-order valence-corrected chi connectivity index (χ2v) is 6.50. The smallest absolute Gasteiger partial charge is 0.261 e. The standard InChI is InChI=1S/C20H20N2O3/c1-14-12-21(10-11-25-14)18-9-5-2-6-15(18)13-22-19(23)16-7-3-4-8-17(16)20(22)24/h2-9,14H,10-13H2,1H3. The lowest BCUT2D eigenvalue weighted by atomic mass is 10.1. The van der Waals surface area contributed by atoms with Crippen molar-refractivity contribution in [1.29, 1.82) is 0 Å². The van der Waals surface area contributed by atoms with E-state index in [0.29, 0.717) is 17.7 Å². The number of nitrogens with zero attached hydrogens (tertiary/aromatic N) is 2. The van der Waals surface area contributed by atoms with E-state index in [1.165, 1.54) is 4.90 Å². The van der Waals surface area contributed by atoms with Crippen molar-refractivity contribution in [3.8, 4) is 0 Å². The zero-order valence-corrected chi connectivity index (χ0v) is 14.1. The van der Waals surface area contributed by atoms with Gasteiger partial charge in [-0.2, -0.15) is 0 Å². The van der Waals surface area contributed by atoms with Crippen LogP contribution in [-0.2, 0) is 11.3 Å². The molecule has 2 heterocycles. The number of morpholine rings is 1. The minimum absolute atomic E-state index is 0.168. The highest BCUT2D eigenvalue weighted by molar-refractivity contribution is 6.21. The molecule has 0 bridgehead atoms. The second kappa shape index (κ2) is 6.33. The molecule has 2 aromatic rings. The van der Waals surface area contributed by atoms with Gasteiger partial charge in [0.05, 0.1) is 30.4 Å². The first kappa shape index (κ1) is 15.8. The number of para-hydroxylation sites is 1. The van der Waals surface area contributed by atoms with Crippen molar-refractivity contribution in [2.24, 2.45) is 0 Å². The van der Waals surface area contributed by atoms with E-state index in [-0.39, 0.29) is 24.5 Å². The predicted octanol–water partition coefficient (Wildman–Crippen LogP) is 2.71. The van der Waals surface area contributed by atoms with Crippen LogP contribution >= 0.6 is 0 Å². The topological polar surface area (TPSA) is 49.9 Å². The minimum atomic E-state index is -0.217. The van der Waals surface area contributed by atoms with Crippen molar-refractivity contribution >= 4 is 17.5 Å². The van der Waals surface area contributed by atoms with Crippen LogP contribution in [0.5, 0.6) is 0 Å². The highest BCUT2D eigenvalue weighted by atomic mass is 16.5. The Morgan fingerprint density at radius 2 is 1.64 bits per heavy atom. The molecular weight excluding hydrogens is 316 g/mol. The summed E-state index contributed by atoms with van der Waals surface area (Å²) in [6.45, 7) is 4.64. The van der Waals surface area contributed by atoms with Gasteiger partial charge in [0.1, 0.15) is 0 Å². The normalized spacial score (nSPS) is 20.1. The highest BCUT2D eigenvalue weighted by Gasteiger charge is 2.35. The molecule has 0 N–H and O–H groups in total. The van der Waals surface area contributed by atoms with Gasteiger partial charge in [0.15, 0.2) is 0 Å². The number of hydrogen-bond donors (Lipinski definition) is 0. The summed E-state index contributed by atoms with van der Waals surface area (Å²) in [5.74, 6) is -0.434. The molecule has 0 radical (unpaired) electrons. The van der Waals surface area contributed by atoms with Crippen LogP contribution < -0.4 is 4.90 Å².